The van der Waals surface area contributed by atoms with Crippen LogP contribution in [0.5, 0.6) is 0 Å². The molecule has 3 heterocycles. The fourth-order valence-electron chi connectivity index (χ4n) is 3.80. The molecule has 1 fully saturated rings. The van der Waals surface area contributed by atoms with Crippen LogP contribution in [0, 0.1) is 0 Å². The molecule has 8 nitrogen and oxygen atoms in total. The molecular weight excluding hydrogens is 344 g/mol. The molecule has 4 atom stereocenters. The average Bonchev–Trinajstić information content (AvgIpc) is 2.97. The summed E-state index contributed by atoms with van der Waals surface area (Å²) in [6.07, 6.45) is 1.03. The predicted molar refractivity (Wildman–Crippen MR) is 87.5 cm³/mol. The maximum absolute atomic E-state index is 12.3. The van der Waals surface area contributed by atoms with E-state index in [0.29, 0.717) is 12.0 Å². The molecule has 8 heteroatoms. The number of hydrogen-bond acceptors (Lipinski definition) is 8. The molecule has 0 radical (unpaired) electrons. The van der Waals surface area contributed by atoms with Gasteiger partial charge in [0.25, 0.3) is 0 Å². The van der Waals surface area contributed by atoms with E-state index in [4.69, 9.17) is 18.9 Å². The molecule has 3 rings (SSSR count). The lowest BCUT2D eigenvalue weighted by molar-refractivity contribution is -0.298. The van der Waals surface area contributed by atoms with Crippen molar-refractivity contribution >= 4 is 11.9 Å². The quantitative estimate of drug-likeness (QED) is 0.701. The Labute approximate surface area is 151 Å². The first-order valence-electron chi connectivity index (χ1n) is 8.50. The summed E-state index contributed by atoms with van der Waals surface area (Å²) in [5.41, 5.74) is -2.12. The van der Waals surface area contributed by atoms with Crippen molar-refractivity contribution in [2.24, 2.45) is 0 Å². The fourth-order valence-corrected chi connectivity index (χ4v) is 3.80. The summed E-state index contributed by atoms with van der Waals surface area (Å²) in [5, 5.41) is 21.9. The van der Waals surface area contributed by atoms with Crippen LogP contribution in [0.3, 0.4) is 0 Å². The topological polar surface area (TPSA) is 112 Å². The third-order valence-corrected chi connectivity index (χ3v) is 5.18. The van der Waals surface area contributed by atoms with Crippen LogP contribution in [0.4, 0.5) is 0 Å². The van der Waals surface area contributed by atoms with Crippen LogP contribution < -0.4 is 0 Å². The number of methoxy groups -OCH3 is 1. The van der Waals surface area contributed by atoms with Gasteiger partial charge in [0, 0.05) is 32.4 Å². The lowest BCUT2D eigenvalue weighted by Crippen LogP contribution is -2.54. The van der Waals surface area contributed by atoms with Crippen LogP contribution in [0.15, 0.2) is 23.0 Å². The molecule has 0 spiro atoms. The lowest BCUT2D eigenvalue weighted by atomic mass is 9.82. The Morgan fingerprint density at radius 1 is 1.35 bits per heavy atom. The van der Waals surface area contributed by atoms with Crippen LogP contribution in [0.25, 0.3) is 0 Å². The summed E-state index contributed by atoms with van der Waals surface area (Å²) in [4.78, 5) is 24.0. The van der Waals surface area contributed by atoms with E-state index >= 15 is 0 Å². The normalized spacial score (nSPS) is 41.5. The number of aliphatic hydroxyl groups is 2. The van der Waals surface area contributed by atoms with Gasteiger partial charge < -0.3 is 29.2 Å². The highest BCUT2D eigenvalue weighted by Crippen LogP contribution is 2.49. The number of hydrogen-bond donors (Lipinski definition) is 2. The van der Waals surface area contributed by atoms with Crippen LogP contribution in [-0.4, -0.2) is 59.0 Å². The molecule has 0 aliphatic carbocycles. The molecule has 0 aromatic rings. The van der Waals surface area contributed by atoms with Crippen LogP contribution >= 0.6 is 0 Å². The van der Waals surface area contributed by atoms with E-state index < -0.39 is 35.0 Å². The minimum Gasteiger partial charge on any atom is -0.457 e. The molecule has 2 N–H and O–H groups in total. The SMILES string of the molecule is COCC1=C2/C(=C\[C@@]3(C)CC[C@](O)(O3)[C@@](C)(O)C[C@H]2OC(C)=O)OC1=O. The highest BCUT2D eigenvalue weighted by Gasteiger charge is 2.58. The van der Waals surface area contributed by atoms with Crippen molar-refractivity contribution in [3.05, 3.63) is 23.0 Å². The molecule has 0 saturated carbocycles. The maximum Gasteiger partial charge on any atom is 0.342 e. The molecule has 26 heavy (non-hydrogen) atoms. The molecule has 0 aromatic heterocycles. The summed E-state index contributed by atoms with van der Waals surface area (Å²) in [7, 11) is 1.43. The summed E-state index contributed by atoms with van der Waals surface area (Å²) in [6.45, 7) is 4.36. The molecule has 3 aliphatic rings. The van der Waals surface area contributed by atoms with Crippen LogP contribution in [-0.2, 0) is 28.5 Å². The first-order chi connectivity index (χ1) is 12.0. The lowest BCUT2D eigenvalue weighted by Gasteiger charge is -2.40. The standard InChI is InChI=1S/C18H24O8/c1-10(19)24-13-8-17(3,21)18(22)6-5-16(2,26-18)7-12-14(13)11(9-23-4)15(20)25-12/h7,13,21-22H,5-6,8-9H2,1-4H3/b12-7+/t13-,16-,17+,18+/m1/s1. The van der Waals surface area contributed by atoms with E-state index in [9.17, 15) is 19.8 Å². The van der Waals surface area contributed by atoms with Crippen molar-refractivity contribution in [1.29, 1.82) is 0 Å². The average molecular weight is 368 g/mol. The molecular formula is C18H24O8. The first kappa shape index (κ1) is 19.0. The molecule has 0 unspecified atom stereocenters. The largest absolute Gasteiger partial charge is 0.457 e. The zero-order valence-electron chi connectivity index (χ0n) is 15.3. The van der Waals surface area contributed by atoms with E-state index in [1.807, 2.05) is 0 Å². The van der Waals surface area contributed by atoms with Gasteiger partial charge >= 0.3 is 11.9 Å². The number of carbonyl (C=O) groups excluding carboxylic acids is 2. The van der Waals surface area contributed by atoms with Crippen molar-refractivity contribution in [2.45, 2.75) is 63.1 Å². The van der Waals surface area contributed by atoms with E-state index in [2.05, 4.69) is 0 Å². The van der Waals surface area contributed by atoms with Crippen molar-refractivity contribution < 1.29 is 38.7 Å². The Morgan fingerprint density at radius 2 is 2.04 bits per heavy atom. The number of esters is 2. The molecule has 1 saturated heterocycles. The van der Waals surface area contributed by atoms with Crippen LogP contribution in [0.1, 0.15) is 40.0 Å². The second-order valence-electron chi connectivity index (χ2n) is 7.50. The highest BCUT2D eigenvalue weighted by molar-refractivity contribution is 5.95. The number of ether oxygens (including phenoxy) is 4. The van der Waals surface area contributed by atoms with Crippen molar-refractivity contribution in [1.82, 2.24) is 0 Å². The van der Waals surface area contributed by atoms with Gasteiger partial charge in [-0.1, -0.05) is 0 Å². The molecule has 2 bridgehead atoms. The summed E-state index contributed by atoms with van der Waals surface area (Å²) < 4.78 is 21.7. The minimum atomic E-state index is -1.82. The third kappa shape index (κ3) is 3.07. The smallest absolute Gasteiger partial charge is 0.342 e. The molecule has 0 amide bonds. The van der Waals surface area contributed by atoms with Gasteiger partial charge in [-0.25, -0.2) is 4.79 Å². The van der Waals surface area contributed by atoms with Gasteiger partial charge in [0.05, 0.1) is 17.8 Å². The van der Waals surface area contributed by atoms with Crippen LogP contribution in [0.2, 0.25) is 0 Å². The zero-order valence-corrected chi connectivity index (χ0v) is 15.3. The van der Waals surface area contributed by atoms with E-state index in [0.717, 1.165) is 0 Å². The van der Waals surface area contributed by atoms with Crippen molar-refractivity contribution in [3.8, 4) is 0 Å². The van der Waals surface area contributed by atoms with Gasteiger partial charge in [-0.05, 0) is 26.3 Å². The van der Waals surface area contributed by atoms with Gasteiger partial charge in [-0.3, -0.25) is 4.79 Å². The Morgan fingerprint density at radius 3 is 2.65 bits per heavy atom. The monoisotopic (exact) mass is 368 g/mol. The Bertz CT molecular complexity index is 706. The molecule has 144 valence electrons. The van der Waals surface area contributed by atoms with E-state index in [1.54, 1.807) is 13.0 Å². The number of fused-ring (bicyclic) bond motifs is 3. The van der Waals surface area contributed by atoms with Gasteiger partial charge in [0.1, 0.15) is 17.5 Å². The minimum absolute atomic E-state index is 0.0345. The summed E-state index contributed by atoms with van der Waals surface area (Å²) >= 11 is 0. The highest BCUT2D eigenvalue weighted by atomic mass is 16.7. The predicted octanol–water partition coefficient (Wildman–Crippen LogP) is 0.714. The Hall–Kier alpha value is -1.74. The third-order valence-electron chi connectivity index (χ3n) is 5.18. The van der Waals surface area contributed by atoms with Crippen molar-refractivity contribution in [3.63, 3.8) is 0 Å². The van der Waals surface area contributed by atoms with E-state index in [-0.39, 0.29) is 30.8 Å². The summed E-state index contributed by atoms with van der Waals surface area (Å²) in [6, 6.07) is 0. The molecule has 3 aliphatic heterocycles. The second-order valence-corrected chi connectivity index (χ2v) is 7.50. The Kier molecular flexibility index (Phi) is 4.51. The number of carbonyl (C=O) groups is 2. The zero-order chi connectivity index (χ0) is 19.3. The van der Waals surface area contributed by atoms with Gasteiger partial charge in [-0.2, -0.15) is 0 Å². The fraction of sp³-hybridized carbons (Fsp3) is 0.667. The number of rotatable bonds is 3. The second kappa shape index (κ2) is 6.16. The van der Waals surface area contributed by atoms with Gasteiger partial charge in [0.15, 0.2) is 5.79 Å². The van der Waals surface area contributed by atoms with Gasteiger partial charge in [0.2, 0.25) is 0 Å². The molecule has 0 aromatic carbocycles. The Balaban J connectivity index is 2.19. The summed E-state index contributed by atoms with van der Waals surface area (Å²) in [5.74, 6) is -2.79. The maximum atomic E-state index is 12.3. The first-order valence-corrected chi connectivity index (χ1v) is 8.50. The van der Waals surface area contributed by atoms with Gasteiger partial charge in [-0.15, -0.1) is 0 Å². The van der Waals surface area contributed by atoms with Crippen molar-refractivity contribution in [2.75, 3.05) is 13.7 Å². The van der Waals surface area contributed by atoms with E-state index in [1.165, 1.54) is 21.0 Å².